The molecule has 3 aromatic rings. The van der Waals surface area contributed by atoms with Crippen molar-refractivity contribution >= 4 is 11.1 Å². The highest BCUT2D eigenvalue weighted by molar-refractivity contribution is 5.95. The zero-order valence-corrected chi connectivity index (χ0v) is 19.0. The molecule has 0 spiro atoms. The zero-order valence-electron chi connectivity index (χ0n) is 22.0. The maximum Gasteiger partial charge on any atom is 0.150 e. The first-order valence-corrected chi connectivity index (χ1v) is 11.8. The van der Waals surface area contributed by atoms with Crippen LogP contribution in [0.1, 0.15) is 53.0 Å². The number of likely N-dealkylation sites (tertiary alicyclic amines) is 1. The fraction of sp³-hybridized carbons (Fsp3) is 0.310. The number of benzene rings is 3. The van der Waals surface area contributed by atoms with Gasteiger partial charge in [0.25, 0.3) is 0 Å². The summed E-state index contributed by atoms with van der Waals surface area (Å²) in [7, 11) is 0. The summed E-state index contributed by atoms with van der Waals surface area (Å²) in [5.74, 6) is 1.12. The Morgan fingerprint density at radius 3 is 2.41 bits per heavy atom. The maximum absolute atomic E-state index is 10.1. The summed E-state index contributed by atoms with van der Waals surface area (Å²) in [6.07, 6.45) is 3.05. The van der Waals surface area contributed by atoms with Gasteiger partial charge in [0.1, 0.15) is 35.7 Å². The van der Waals surface area contributed by atoms with Gasteiger partial charge in [0.2, 0.25) is 0 Å². The van der Waals surface area contributed by atoms with Crippen LogP contribution in [0.25, 0.3) is 11.1 Å². The van der Waals surface area contributed by atoms with Crippen molar-refractivity contribution < 1.29 is 23.8 Å². The topological polar surface area (TPSA) is 62.2 Å². The van der Waals surface area contributed by atoms with Gasteiger partial charge in [-0.2, -0.15) is 0 Å². The van der Waals surface area contributed by atoms with Crippen molar-refractivity contribution in [1.29, 1.82) is 0 Å². The first-order valence-electron chi connectivity index (χ1n) is 13.3. The lowest BCUT2D eigenvalue weighted by atomic mass is 9.86. The molecule has 2 heterocycles. The Kier molecular flexibility index (Phi) is 5.47. The highest BCUT2D eigenvalue weighted by Crippen LogP contribution is 2.47. The quantitative estimate of drug-likeness (QED) is 0.470. The molecule has 5 heteroatoms. The summed E-state index contributed by atoms with van der Waals surface area (Å²) in [5, 5.41) is 19.9. The van der Waals surface area contributed by atoms with Crippen molar-refractivity contribution in [3.8, 4) is 23.0 Å². The predicted octanol–water partition coefficient (Wildman–Crippen LogP) is 6.03. The lowest BCUT2D eigenvalue weighted by Crippen LogP contribution is -2.33. The molecule has 0 saturated carbocycles. The monoisotopic (exact) mass is 460 g/mol. The van der Waals surface area contributed by atoms with Gasteiger partial charge >= 0.3 is 0 Å². The Bertz CT molecular complexity index is 1260. The summed E-state index contributed by atoms with van der Waals surface area (Å²) in [6, 6.07) is 18.4. The second-order valence-electron chi connectivity index (χ2n) is 8.83. The molecule has 176 valence electrons. The van der Waals surface area contributed by atoms with E-state index in [4.69, 9.17) is 13.6 Å². The molecule has 0 unspecified atom stereocenters. The first kappa shape index (κ1) is 18.9. The van der Waals surface area contributed by atoms with Crippen molar-refractivity contribution in [2.45, 2.75) is 32.2 Å². The Balaban J connectivity index is 1.48. The van der Waals surface area contributed by atoms with Crippen LogP contribution in [0.4, 0.5) is 0 Å². The number of fused-ring (bicyclic) bond motifs is 1. The smallest absolute Gasteiger partial charge is 0.150 e. The van der Waals surface area contributed by atoms with Crippen LogP contribution in [0.5, 0.6) is 23.0 Å². The van der Waals surface area contributed by atoms with Crippen molar-refractivity contribution in [2.75, 3.05) is 26.2 Å². The van der Waals surface area contributed by atoms with Gasteiger partial charge < -0.3 is 19.7 Å². The number of allylic oxidation sites excluding steroid dienone is 1. The fourth-order valence-corrected chi connectivity index (χ4v) is 4.66. The molecular weight excluding hydrogens is 426 g/mol. The minimum absolute atomic E-state index is 0.00655. The van der Waals surface area contributed by atoms with Crippen LogP contribution in [0.15, 0.2) is 66.7 Å². The SMILES string of the molecule is [2H]C([2H])([2H])C1=C(c2ccc(O)cc2)[C@H](c2ccc(OCCN3CCCCC3)cc2)Oc2cc(O)ccc21. The molecule has 5 rings (SSSR count). The van der Waals surface area contributed by atoms with Crippen LogP contribution >= 0.6 is 0 Å². The molecule has 0 amide bonds. The van der Waals surface area contributed by atoms with Crippen LogP contribution in [-0.4, -0.2) is 41.4 Å². The number of rotatable bonds is 6. The van der Waals surface area contributed by atoms with Gasteiger partial charge in [0.15, 0.2) is 0 Å². The number of phenolic OH excluding ortho intramolecular Hbond substituents is 2. The minimum Gasteiger partial charge on any atom is -0.508 e. The molecule has 0 radical (unpaired) electrons. The van der Waals surface area contributed by atoms with E-state index in [1.54, 1.807) is 18.2 Å². The molecule has 5 nitrogen and oxygen atoms in total. The van der Waals surface area contributed by atoms with Gasteiger partial charge in [-0.05, 0) is 85.9 Å². The van der Waals surface area contributed by atoms with Gasteiger partial charge in [0.05, 0.1) is 0 Å². The second-order valence-corrected chi connectivity index (χ2v) is 8.83. The van der Waals surface area contributed by atoms with Gasteiger partial charge in [-0.3, -0.25) is 4.90 Å². The average Bonchev–Trinajstić information content (AvgIpc) is 2.88. The Morgan fingerprint density at radius 1 is 0.941 bits per heavy atom. The van der Waals surface area contributed by atoms with E-state index >= 15 is 0 Å². The van der Waals surface area contributed by atoms with E-state index in [1.165, 1.54) is 43.5 Å². The molecule has 34 heavy (non-hydrogen) atoms. The van der Waals surface area contributed by atoms with Gasteiger partial charge in [-0.25, -0.2) is 0 Å². The average molecular weight is 461 g/mol. The fourth-order valence-electron chi connectivity index (χ4n) is 4.66. The maximum atomic E-state index is 10.1. The number of phenols is 2. The van der Waals surface area contributed by atoms with E-state index in [0.29, 0.717) is 29.1 Å². The predicted molar refractivity (Wildman–Crippen MR) is 134 cm³/mol. The number of aromatic hydroxyl groups is 2. The number of hydrogen-bond acceptors (Lipinski definition) is 5. The normalized spacial score (nSPS) is 20.0. The Labute approximate surface area is 205 Å². The van der Waals surface area contributed by atoms with E-state index in [1.807, 2.05) is 24.3 Å². The molecule has 1 fully saturated rings. The number of hydrogen-bond donors (Lipinski definition) is 2. The number of nitrogens with zero attached hydrogens (tertiary/aromatic N) is 1. The molecule has 0 aromatic heterocycles. The molecule has 3 aromatic carbocycles. The summed E-state index contributed by atoms with van der Waals surface area (Å²) in [4.78, 5) is 2.42. The first-order chi connectivity index (χ1) is 17.8. The zero-order chi connectivity index (χ0) is 26.0. The van der Waals surface area contributed by atoms with Crippen LogP contribution in [0, 0.1) is 0 Å². The largest absolute Gasteiger partial charge is 0.508 e. The van der Waals surface area contributed by atoms with Crippen LogP contribution in [0.2, 0.25) is 0 Å². The molecule has 2 aliphatic heterocycles. The van der Waals surface area contributed by atoms with Gasteiger partial charge in [0, 0.05) is 27.9 Å². The Hall–Kier alpha value is -3.44. The number of ether oxygens (including phenoxy) is 2. The summed E-state index contributed by atoms with van der Waals surface area (Å²) in [5.41, 5.74) is 2.45. The minimum atomic E-state index is -2.45. The molecule has 0 bridgehead atoms. The molecule has 2 N–H and O–H groups in total. The third-order valence-corrected chi connectivity index (χ3v) is 6.50. The molecule has 1 atom stereocenters. The molecule has 0 aliphatic carbocycles. The third-order valence-electron chi connectivity index (χ3n) is 6.50. The van der Waals surface area contributed by atoms with E-state index in [9.17, 15) is 10.2 Å². The van der Waals surface area contributed by atoms with E-state index in [0.717, 1.165) is 30.9 Å². The molecule has 2 aliphatic rings. The van der Waals surface area contributed by atoms with E-state index < -0.39 is 13.0 Å². The lowest BCUT2D eigenvalue weighted by Gasteiger charge is -2.31. The number of piperidine rings is 1. The molecule has 1 saturated heterocycles. The van der Waals surface area contributed by atoms with Crippen molar-refractivity contribution in [2.24, 2.45) is 0 Å². The van der Waals surface area contributed by atoms with Crippen molar-refractivity contribution in [3.63, 3.8) is 0 Å². The van der Waals surface area contributed by atoms with Crippen LogP contribution < -0.4 is 9.47 Å². The molecular formula is C29H31NO4. The van der Waals surface area contributed by atoms with E-state index in [-0.39, 0.29) is 17.1 Å². The highest BCUT2D eigenvalue weighted by Gasteiger charge is 2.29. The summed E-state index contributed by atoms with van der Waals surface area (Å²) in [6.45, 7) is 1.29. The van der Waals surface area contributed by atoms with Crippen LogP contribution in [-0.2, 0) is 0 Å². The summed E-state index contributed by atoms with van der Waals surface area (Å²) >= 11 is 0. The lowest BCUT2D eigenvalue weighted by molar-refractivity contribution is 0.183. The van der Waals surface area contributed by atoms with E-state index in [2.05, 4.69) is 4.90 Å². The standard InChI is InChI=1S/C29H31NO4/c1-20-26-14-11-24(32)19-27(26)34-29(28(20)21-5-9-23(31)10-6-21)22-7-12-25(13-8-22)33-18-17-30-15-3-2-4-16-30/h5-14,19,29,31-32H,2-4,15-18H2,1H3/t29-/m0/s1/i1D3. The van der Waals surface area contributed by atoms with Crippen LogP contribution in [0.3, 0.4) is 0 Å². The Morgan fingerprint density at radius 2 is 1.68 bits per heavy atom. The third kappa shape index (κ3) is 4.75. The second kappa shape index (κ2) is 9.82. The summed E-state index contributed by atoms with van der Waals surface area (Å²) < 4.78 is 37.4. The van der Waals surface area contributed by atoms with Crippen molar-refractivity contribution in [3.05, 3.63) is 83.4 Å². The van der Waals surface area contributed by atoms with Gasteiger partial charge in [-0.15, -0.1) is 0 Å². The highest BCUT2D eigenvalue weighted by atomic mass is 16.5. The van der Waals surface area contributed by atoms with Gasteiger partial charge in [-0.1, -0.05) is 30.7 Å². The van der Waals surface area contributed by atoms with Crippen molar-refractivity contribution in [1.82, 2.24) is 4.90 Å².